The van der Waals surface area contributed by atoms with Crippen LogP contribution in [-0.2, 0) is 0 Å². The summed E-state index contributed by atoms with van der Waals surface area (Å²) >= 11 is 3.34. The first-order valence-corrected chi connectivity index (χ1v) is 5.22. The van der Waals surface area contributed by atoms with E-state index in [1.54, 1.807) is 0 Å². The van der Waals surface area contributed by atoms with Gasteiger partial charge in [-0.05, 0) is 34.5 Å². The van der Waals surface area contributed by atoms with E-state index in [1.165, 1.54) is 0 Å². The molecule has 3 N–H and O–H groups in total. The van der Waals surface area contributed by atoms with Crippen LogP contribution in [0.3, 0.4) is 0 Å². The zero-order valence-corrected chi connectivity index (χ0v) is 9.08. The maximum absolute atomic E-state index is 8.95. The van der Waals surface area contributed by atoms with Gasteiger partial charge in [-0.2, -0.15) is 5.26 Å². The van der Waals surface area contributed by atoms with Gasteiger partial charge in [0, 0.05) is 16.6 Å². The lowest BCUT2D eigenvalue weighted by Gasteiger charge is -2.07. The number of nitrogens with two attached hydrogens (primary N) is 1. The Morgan fingerprint density at radius 3 is 2.86 bits per heavy atom. The van der Waals surface area contributed by atoms with E-state index in [9.17, 15) is 0 Å². The summed E-state index contributed by atoms with van der Waals surface area (Å²) in [4.78, 5) is 0. The van der Waals surface area contributed by atoms with E-state index in [4.69, 9.17) is 11.0 Å². The van der Waals surface area contributed by atoms with Crippen LogP contribution in [0.5, 0.6) is 0 Å². The van der Waals surface area contributed by atoms with Gasteiger partial charge >= 0.3 is 0 Å². The standard InChI is InChI=1S/C10H10BrN3/c11-7-2-1-3-9(6(7)5-12)14-10-4-8(10)13/h1-3,8,10,14H,4,13H2. The van der Waals surface area contributed by atoms with Gasteiger partial charge in [0.25, 0.3) is 0 Å². The van der Waals surface area contributed by atoms with E-state index in [2.05, 4.69) is 27.3 Å². The summed E-state index contributed by atoms with van der Waals surface area (Å²) in [6.45, 7) is 0. The first-order valence-electron chi connectivity index (χ1n) is 4.43. The lowest BCUT2D eigenvalue weighted by Crippen LogP contribution is -2.13. The van der Waals surface area contributed by atoms with Gasteiger partial charge in [-0.1, -0.05) is 6.07 Å². The summed E-state index contributed by atoms with van der Waals surface area (Å²) in [5.74, 6) is 0. The molecule has 1 aliphatic rings. The number of nitrogens with zero attached hydrogens (tertiary/aromatic N) is 1. The number of hydrogen-bond acceptors (Lipinski definition) is 3. The van der Waals surface area contributed by atoms with Crippen LogP contribution in [-0.4, -0.2) is 12.1 Å². The topological polar surface area (TPSA) is 61.8 Å². The van der Waals surface area contributed by atoms with E-state index in [0.717, 1.165) is 16.6 Å². The molecule has 0 heterocycles. The first kappa shape index (κ1) is 9.50. The van der Waals surface area contributed by atoms with Crippen molar-refractivity contribution in [1.82, 2.24) is 0 Å². The van der Waals surface area contributed by atoms with Crippen molar-refractivity contribution in [3.8, 4) is 6.07 Å². The molecule has 14 heavy (non-hydrogen) atoms. The van der Waals surface area contributed by atoms with E-state index in [1.807, 2.05) is 18.2 Å². The van der Waals surface area contributed by atoms with Crippen molar-refractivity contribution < 1.29 is 0 Å². The van der Waals surface area contributed by atoms with Crippen LogP contribution in [0.25, 0.3) is 0 Å². The molecule has 1 aromatic rings. The second-order valence-corrected chi connectivity index (χ2v) is 4.28. The summed E-state index contributed by atoms with van der Waals surface area (Å²) in [5.41, 5.74) is 7.19. The highest BCUT2D eigenvalue weighted by molar-refractivity contribution is 9.10. The van der Waals surface area contributed by atoms with E-state index in [0.29, 0.717) is 11.6 Å². The highest BCUT2D eigenvalue weighted by atomic mass is 79.9. The van der Waals surface area contributed by atoms with Crippen molar-refractivity contribution in [3.63, 3.8) is 0 Å². The van der Waals surface area contributed by atoms with Gasteiger partial charge in [-0.25, -0.2) is 0 Å². The van der Waals surface area contributed by atoms with Crippen molar-refractivity contribution in [1.29, 1.82) is 5.26 Å². The minimum Gasteiger partial charge on any atom is -0.380 e. The number of nitrogens with one attached hydrogen (secondary N) is 1. The van der Waals surface area contributed by atoms with Crippen LogP contribution in [0.2, 0.25) is 0 Å². The van der Waals surface area contributed by atoms with E-state index in [-0.39, 0.29) is 6.04 Å². The Labute approximate surface area is 91.0 Å². The minimum absolute atomic E-state index is 0.237. The summed E-state index contributed by atoms with van der Waals surface area (Å²) < 4.78 is 0.819. The van der Waals surface area contributed by atoms with Crippen LogP contribution < -0.4 is 11.1 Å². The van der Waals surface area contributed by atoms with Crippen LogP contribution >= 0.6 is 15.9 Å². The fraction of sp³-hybridized carbons (Fsp3) is 0.300. The fourth-order valence-corrected chi connectivity index (χ4v) is 1.79. The molecule has 0 spiro atoms. The molecule has 0 aromatic heterocycles. The molecule has 0 amide bonds. The summed E-state index contributed by atoms with van der Waals surface area (Å²) in [6.07, 6.45) is 0.984. The molecule has 1 fully saturated rings. The van der Waals surface area contributed by atoms with Gasteiger partial charge in [0.15, 0.2) is 0 Å². The van der Waals surface area contributed by atoms with Crippen LogP contribution in [0, 0.1) is 11.3 Å². The third-order valence-electron chi connectivity index (χ3n) is 2.31. The SMILES string of the molecule is N#Cc1c(Br)cccc1NC1CC1N. The molecule has 1 aromatic carbocycles. The zero-order chi connectivity index (χ0) is 10.1. The Morgan fingerprint density at radius 1 is 1.57 bits per heavy atom. The van der Waals surface area contributed by atoms with Crippen LogP contribution in [0.4, 0.5) is 5.69 Å². The second-order valence-electron chi connectivity index (χ2n) is 3.42. The van der Waals surface area contributed by atoms with Crippen LogP contribution in [0.15, 0.2) is 22.7 Å². The normalized spacial score (nSPS) is 24.1. The Hall–Kier alpha value is -1.05. The predicted octanol–water partition coefficient (Wildman–Crippen LogP) is 1.83. The smallest absolute Gasteiger partial charge is 0.103 e. The van der Waals surface area contributed by atoms with Gasteiger partial charge in [0.1, 0.15) is 6.07 Å². The van der Waals surface area contributed by atoms with Crippen LogP contribution in [0.1, 0.15) is 12.0 Å². The molecule has 0 saturated heterocycles. The highest BCUT2D eigenvalue weighted by Crippen LogP contribution is 2.29. The number of nitriles is 1. The monoisotopic (exact) mass is 251 g/mol. The number of hydrogen-bond donors (Lipinski definition) is 2. The molecule has 0 radical (unpaired) electrons. The third kappa shape index (κ3) is 1.74. The third-order valence-corrected chi connectivity index (χ3v) is 2.97. The van der Waals surface area contributed by atoms with Gasteiger partial charge in [-0.3, -0.25) is 0 Å². The first-order chi connectivity index (χ1) is 6.72. The molecule has 2 atom stereocenters. The Morgan fingerprint density at radius 2 is 2.29 bits per heavy atom. The molecule has 1 saturated carbocycles. The van der Waals surface area contributed by atoms with Gasteiger partial charge in [0.05, 0.1) is 11.3 Å². The van der Waals surface area contributed by atoms with Crippen molar-refractivity contribution in [2.75, 3.05) is 5.32 Å². The predicted molar refractivity (Wildman–Crippen MR) is 58.9 cm³/mol. The number of rotatable bonds is 2. The summed E-state index contributed by atoms with van der Waals surface area (Å²) in [6, 6.07) is 8.39. The second kappa shape index (κ2) is 3.60. The number of anilines is 1. The number of halogens is 1. The highest BCUT2D eigenvalue weighted by Gasteiger charge is 2.33. The van der Waals surface area contributed by atoms with E-state index < -0.39 is 0 Å². The molecule has 2 unspecified atom stereocenters. The van der Waals surface area contributed by atoms with Crippen molar-refractivity contribution >= 4 is 21.6 Å². The minimum atomic E-state index is 0.237. The summed E-state index contributed by atoms with van der Waals surface area (Å²) in [5, 5.41) is 12.2. The molecule has 0 bridgehead atoms. The van der Waals surface area contributed by atoms with Crippen molar-refractivity contribution in [3.05, 3.63) is 28.2 Å². The average Bonchev–Trinajstić information content (AvgIpc) is 2.82. The van der Waals surface area contributed by atoms with E-state index >= 15 is 0 Å². The lowest BCUT2D eigenvalue weighted by atomic mass is 10.2. The Kier molecular flexibility index (Phi) is 2.44. The quantitative estimate of drug-likeness (QED) is 0.844. The fourth-order valence-electron chi connectivity index (χ4n) is 1.34. The maximum atomic E-state index is 8.95. The number of benzene rings is 1. The maximum Gasteiger partial charge on any atom is 0.103 e. The molecule has 1 aliphatic carbocycles. The molecule has 72 valence electrons. The molecule has 0 aliphatic heterocycles. The molecular formula is C10H10BrN3. The van der Waals surface area contributed by atoms with Crippen molar-refractivity contribution in [2.45, 2.75) is 18.5 Å². The molecular weight excluding hydrogens is 242 g/mol. The van der Waals surface area contributed by atoms with Gasteiger partial charge < -0.3 is 11.1 Å². The van der Waals surface area contributed by atoms with Gasteiger partial charge in [0.2, 0.25) is 0 Å². The lowest BCUT2D eigenvalue weighted by molar-refractivity contribution is 1.01. The Balaban J connectivity index is 2.24. The average molecular weight is 252 g/mol. The van der Waals surface area contributed by atoms with Crippen molar-refractivity contribution in [2.24, 2.45) is 5.73 Å². The largest absolute Gasteiger partial charge is 0.380 e. The van der Waals surface area contributed by atoms with Gasteiger partial charge in [-0.15, -0.1) is 0 Å². The summed E-state index contributed by atoms with van der Waals surface area (Å²) in [7, 11) is 0. The Bertz CT molecular complexity index is 397. The molecule has 2 rings (SSSR count). The zero-order valence-electron chi connectivity index (χ0n) is 7.50. The molecule has 4 heteroatoms. The molecule has 3 nitrogen and oxygen atoms in total.